The first-order valence-electron chi connectivity index (χ1n) is 6.85. The van der Waals surface area contributed by atoms with Crippen LogP contribution < -0.4 is 10.1 Å². The number of methoxy groups -OCH3 is 1. The normalized spacial score (nSPS) is 19.1. The number of carbonyl (C=O) groups excluding carboxylic acids is 1. The summed E-state index contributed by atoms with van der Waals surface area (Å²) >= 11 is 0. The number of nitrogens with zero attached hydrogens (tertiary/aromatic N) is 2. The zero-order valence-electron chi connectivity index (χ0n) is 11.9. The molecule has 6 heteroatoms. The van der Waals surface area contributed by atoms with Crippen molar-refractivity contribution in [2.45, 2.75) is 26.0 Å². The number of rotatable bonds is 5. The van der Waals surface area contributed by atoms with Crippen molar-refractivity contribution < 1.29 is 14.6 Å². The van der Waals surface area contributed by atoms with Crippen molar-refractivity contribution in [3.05, 3.63) is 23.5 Å². The number of aliphatic hydroxyl groups excluding tert-OH is 1. The lowest BCUT2D eigenvalue weighted by atomic mass is 10.2. The van der Waals surface area contributed by atoms with Gasteiger partial charge in [0.2, 0.25) is 0 Å². The van der Waals surface area contributed by atoms with Gasteiger partial charge < -0.3 is 15.2 Å². The van der Waals surface area contributed by atoms with Gasteiger partial charge in [-0.05, 0) is 13.3 Å². The molecule has 0 radical (unpaired) electrons. The average Bonchev–Trinajstić information content (AvgIpc) is 2.85. The van der Waals surface area contributed by atoms with E-state index in [2.05, 4.69) is 15.2 Å². The maximum atomic E-state index is 11.7. The summed E-state index contributed by atoms with van der Waals surface area (Å²) < 4.78 is 5.34. The molecule has 2 heterocycles. The molecule has 0 aliphatic carbocycles. The molecule has 1 aromatic rings. The highest BCUT2D eigenvalue weighted by molar-refractivity contribution is 5.92. The van der Waals surface area contributed by atoms with Gasteiger partial charge in [0.1, 0.15) is 11.4 Å². The number of hydrogen-bond donors (Lipinski definition) is 2. The minimum atomic E-state index is -0.247. The number of aliphatic hydroxyl groups is 1. The summed E-state index contributed by atoms with van der Waals surface area (Å²) in [5.74, 6) is 0.455. The monoisotopic (exact) mass is 279 g/mol. The second-order valence-corrected chi connectivity index (χ2v) is 4.92. The van der Waals surface area contributed by atoms with Crippen molar-refractivity contribution >= 4 is 5.91 Å². The van der Waals surface area contributed by atoms with Crippen LogP contribution in [0, 0.1) is 0 Å². The molecule has 1 fully saturated rings. The summed E-state index contributed by atoms with van der Waals surface area (Å²) in [6, 6.07) is 1.66. The van der Waals surface area contributed by atoms with Gasteiger partial charge in [0.15, 0.2) is 0 Å². The molecule has 0 saturated carbocycles. The van der Waals surface area contributed by atoms with Crippen LogP contribution in [0.3, 0.4) is 0 Å². The summed E-state index contributed by atoms with van der Waals surface area (Å²) in [6.07, 6.45) is 2.23. The molecule has 0 unspecified atom stereocenters. The fourth-order valence-electron chi connectivity index (χ4n) is 2.35. The van der Waals surface area contributed by atoms with E-state index in [1.54, 1.807) is 19.4 Å². The molecule has 1 atom stereocenters. The van der Waals surface area contributed by atoms with E-state index >= 15 is 0 Å². The third-order valence-corrected chi connectivity index (χ3v) is 3.38. The van der Waals surface area contributed by atoms with E-state index in [9.17, 15) is 9.90 Å². The summed E-state index contributed by atoms with van der Waals surface area (Å²) in [7, 11) is 1.58. The SMILES string of the molecule is CCNC(=O)c1cc(OC)c(CN2CC[C@@H](O)C2)cn1. The van der Waals surface area contributed by atoms with Crippen molar-refractivity contribution in [3.63, 3.8) is 0 Å². The van der Waals surface area contributed by atoms with Gasteiger partial charge in [-0.3, -0.25) is 14.7 Å². The first-order valence-corrected chi connectivity index (χ1v) is 6.85. The number of pyridine rings is 1. The Labute approximate surface area is 118 Å². The number of carbonyl (C=O) groups is 1. The van der Waals surface area contributed by atoms with Crippen LogP contribution in [-0.4, -0.2) is 53.7 Å². The van der Waals surface area contributed by atoms with Gasteiger partial charge in [-0.25, -0.2) is 0 Å². The smallest absolute Gasteiger partial charge is 0.270 e. The van der Waals surface area contributed by atoms with E-state index < -0.39 is 0 Å². The predicted molar refractivity (Wildman–Crippen MR) is 74.7 cm³/mol. The molecular formula is C14H21N3O3. The van der Waals surface area contributed by atoms with Gasteiger partial charge in [-0.2, -0.15) is 0 Å². The molecule has 0 bridgehead atoms. The van der Waals surface area contributed by atoms with E-state index in [0.29, 0.717) is 31.1 Å². The van der Waals surface area contributed by atoms with Gasteiger partial charge >= 0.3 is 0 Å². The average molecular weight is 279 g/mol. The largest absolute Gasteiger partial charge is 0.496 e. The molecule has 6 nitrogen and oxygen atoms in total. The van der Waals surface area contributed by atoms with Crippen molar-refractivity contribution in [2.24, 2.45) is 0 Å². The van der Waals surface area contributed by atoms with Gasteiger partial charge in [0, 0.05) is 44.0 Å². The fourth-order valence-corrected chi connectivity index (χ4v) is 2.35. The Morgan fingerprint density at radius 3 is 3.05 bits per heavy atom. The van der Waals surface area contributed by atoms with Gasteiger partial charge in [0.05, 0.1) is 13.2 Å². The van der Waals surface area contributed by atoms with E-state index in [1.807, 2.05) is 6.92 Å². The Morgan fingerprint density at radius 2 is 2.45 bits per heavy atom. The molecule has 20 heavy (non-hydrogen) atoms. The first kappa shape index (κ1) is 14.7. The highest BCUT2D eigenvalue weighted by Gasteiger charge is 2.21. The molecule has 0 aromatic carbocycles. The van der Waals surface area contributed by atoms with Crippen LogP contribution in [0.1, 0.15) is 29.4 Å². The maximum absolute atomic E-state index is 11.7. The van der Waals surface area contributed by atoms with Crippen molar-refractivity contribution in [1.82, 2.24) is 15.2 Å². The summed E-state index contributed by atoms with van der Waals surface area (Å²) in [5, 5.41) is 12.2. The Balaban J connectivity index is 2.11. The number of amides is 1. The lowest BCUT2D eigenvalue weighted by molar-refractivity contribution is 0.0950. The van der Waals surface area contributed by atoms with Crippen molar-refractivity contribution in [1.29, 1.82) is 0 Å². The maximum Gasteiger partial charge on any atom is 0.270 e. The van der Waals surface area contributed by atoms with Gasteiger partial charge in [-0.15, -0.1) is 0 Å². The molecule has 110 valence electrons. The van der Waals surface area contributed by atoms with Crippen LogP contribution in [0.15, 0.2) is 12.3 Å². The van der Waals surface area contributed by atoms with E-state index in [0.717, 1.165) is 18.5 Å². The fraction of sp³-hybridized carbons (Fsp3) is 0.571. The topological polar surface area (TPSA) is 74.7 Å². The molecule has 0 spiro atoms. The van der Waals surface area contributed by atoms with E-state index in [-0.39, 0.29) is 12.0 Å². The molecule has 1 amide bonds. The van der Waals surface area contributed by atoms with Crippen LogP contribution in [-0.2, 0) is 6.54 Å². The zero-order chi connectivity index (χ0) is 14.5. The van der Waals surface area contributed by atoms with Crippen LogP contribution in [0.25, 0.3) is 0 Å². The Bertz CT molecular complexity index is 479. The van der Waals surface area contributed by atoms with Gasteiger partial charge in [0.25, 0.3) is 5.91 Å². The molecule has 2 N–H and O–H groups in total. The number of ether oxygens (including phenoxy) is 1. The number of nitrogens with one attached hydrogen (secondary N) is 1. The van der Waals surface area contributed by atoms with Crippen LogP contribution in [0.4, 0.5) is 0 Å². The predicted octanol–water partition coefficient (Wildman–Crippen LogP) is 0.406. The third kappa shape index (κ3) is 3.46. The third-order valence-electron chi connectivity index (χ3n) is 3.38. The molecule has 1 aliphatic heterocycles. The van der Waals surface area contributed by atoms with E-state index in [1.165, 1.54) is 0 Å². The summed E-state index contributed by atoms with van der Waals surface area (Å²) in [5.41, 5.74) is 1.28. The highest BCUT2D eigenvalue weighted by atomic mass is 16.5. The number of aromatic nitrogens is 1. The lowest BCUT2D eigenvalue weighted by Crippen LogP contribution is -2.25. The summed E-state index contributed by atoms with van der Waals surface area (Å²) in [4.78, 5) is 18.1. The van der Waals surface area contributed by atoms with Gasteiger partial charge in [-0.1, -0.05) is 0 Å². The second kappa shape index (κ2) is 6.67. The van der Waals surface area contributed by atoms with E-state index in [4.69, 9.17) is 4.74 Å². The Hall–Kier alpha value is -1.66. The van der Waals surface area contributed by atoms with Crippen LogP contribution in [0.2, 0.25) is 0 Å². The number of likely N-dealkylation sites (tertiary alicyclic amines) is 1. The minimum absolute atomic E-state index is 0.200. The standard InChI is InChI=1S/C14H21N3O3/c1-3-15-14(19)12-6-13(20-2)10(7-16-12)8-17-5-4-11(18)9-17/h6-7,11,18H,3-5,8-9H2,1-2H3,(H,15,19)/t11-/m1/s1. The summed E-state index contributed by atoms with van der Waals surface area (Å²) in [6.45, 7) is 4.63. The number of β-amino-alcohol motifs (C(OH)–C–C–N with tert-alkyl or cyclic N) is 1. The molecule has 1 aromatic heterocycles. The molecule has 1 saturated heterocycles. The first-order chi connectivity index (χ1) is 9.63. The highest BCUT2D eigenvalue weighted by Crippen LogP contribution is 2.22. The van der Waals surface area contributed by atoms with Crippen LogP contribution in [0.5, 0.6) is 5.75 Å². The number of hydrogen-bond acceptors (Lipinski definition) is 5. The molecule has 1 aliphatic rings. The zero-order valence-corrected chi connectivity index (χ0v) is 11.9. The minimum Gasteiger partial charge on any atom is -0.496 e. The quantitative estimate of drug-likeness (QED) is 0.816. The van der Waals surface area contributed by atoms with Crippen LogP contribution >= 0.6 is 0 Å². The Kier molecular flexibility index (Phi) is 4.92. The molecular weight excluding hydrogens is 258 g/mol. The lowest BCUT2D eigenvalue weighted by Gasteiger charge is -2.17. The molecule has 2 rings (SSSR count). The van der Waals surface area contributed by atoms with Crippen molar-refractivity contribution in [3.8, 4) is 5.75 Å². The second-order valence-electron chi connectivity index (χ2n) is 4.92. The van der Waals surface area contributed by atoms with Crippen molar-refractivity contribution in [2.75, 3.05) is 26.7 Å². The Morgan fingerprint density at radius 1 is 1.65 bits per heavy atom.